The van der Waals surface area contributed by atoms with Crippen LogP contribution < -0.4 is 0 Å². The average molecular weight is 206 g/mol. The van der Waals surface area contributed by atoms with E-state index in [9.17, 15) is 0 Å². The highest BCUT2D eigenvalue weighted by Gasteiger charge is 2.15. The van der Waals surface area contributed by atoms with Crippen LogP contribution in [0.25, 0.3) is 0 Å². The van der Waals surface area contributed by atoms with E-state index in [2.05, 4.69) is 4.98 Å². The first-order chi connectivity index (χ1) is 7.38. The Morgan fingerprint density at radius 3 is 3.27 bits per heavy atom. The smallest absolute Gasteiger partial charge is 0.0893 e. The van der Waals surface area contributed by atoms with Crippen molar-refractivity contribution in [1.82, 2.24) is 4.98 Å². The first kappa shape index (κ1) is 10.3. The number of aromatic nitrogens is 1. The third-order valence-corrected chi connectivity index (χ3v) is 2.33. The van der Waals surface area contributed by atoms with Gasteiger partial charge in [-0.1, -0.05) is 6.07 Å². The van der Waals surface area contributed by atoms with Crippen molar-refractivity contribution in [2.45, 2.75) is 19.1 Å². The van der Waals surface area contributed by atoms with Crippen LogP contribution in [0.5, 0.6) is 0 Å². The lowest BCUT2D eigenvalue weighted by Crippen LogP contribution is -2.12. The number of hydrogen-bond donors (Lipinski definition) is 1. The fraction of sp³-hybridized carbons (Fsp3) is 0.455. The van der Waals surface area contributed by atoms with Crippen molar-refractivity contribution in [1.29, 1.82) is 5.41 Å². The maximum atomic E-state index is 7.09. The highest BCUT2D eigenvalue weighted by Crippen LogP contribution is 2.10. The largest absolute Gasteiger partial charge is 0.379 e. The van der Waals surface area contributed by atoms with E-state index in [1.54, 1.807) is 6.07 Å². The first-order valence-electron chi connectivity index (χ1n) is 5.04. The van der Waals surface area contributed by atoms with Gasteiger partial charge in [-0.2, -0.15) is 0 Å². The Balaban J connectivity index is 1.89. The summed E-state index contributed by atoms with van der Waals surface area (Å²) in [7, 11) is 0. The molecule has 1 unspecified atom stereocenters. The zero-order valence-electron chi connectivity index (χ0n) is 8.48. The summed E-state index contributed by atoms with van der Waals surface area (Å²) in [5, 5.41) is 7.09. The standard InChI is InChI=1S/C11H14N2O2/c12-6-9-2-1-3-10(13-9)7-15-11-4-5-14-8-11/h1-3,6,11-12H,4-5,7-8H2. The summed E-state index contributed by atoms with van der Waals surface area (Å²) >= 11 is 0. The number of rotatable bonds is 4. The Kier molecular flexibility index (Phi) is 3.42. The molecule has 1 saturated heterocycles. The van der Waals surface area contributed by atoms with E-state index in [-0.39, 0.29) is 6.10 Å². The fourth-order valence-corrected chi connectivity index (χ4v) is 1.51. The van der Waals surface area contributed by atoms with Crippen LogP contribution in [0.2, 0.25) is 0 Å². The van der Waals surface area contributed by atoms with Gasteiger partial charge in [0.2, 0.25) is 0 Å². The fourth-order valence-electron chi connectivity index (χ4n) is 1.51. The Labute approximate surface area is 88.7 Å². The quantitative estimate of drug-likeness (QED) is 0.757. The Hall–Kier alpha value is -1.26. The van der Waals surface area contributed by atoms with Gasteiger partial charge in [-0.25, -0.2) is 4.98 Å². The molecular weight excluding hydrogens is 192 g/mol. The predicted molar refractivity (Wildman–Crippen MR) is 56.1 cm³/mol. The Bertz CT molecular complexity index is 335. The summed E-state index contributed by atoms with van der Waals surface area (Å²) in [6.07, 6.45) is 2.40. The lowest BCUT2D eigenvalue weighted by Gasteiger charge is -2.09. The maximum Gasteiger partial charge on any atom is 0.0893 e. The molecule has 1 N–H and O–H groups in total. The molecule has 2 heterocycles. The molecule has 1 aliphatic rings. The van der Waals surface area contributed by atoms with Crippen LogP contribution in [0.1, 0.15) is 17.8 Å². The van der Waals surface area contributed by atoms with Crippen molar-refractivity contribution in [3.63, 3.8) is 0 Å². The van der Waals surface area contributed by atoms with E-state index in [0.29, 0.717) is 18.9 Å². The lowest BCUT2D eigenvalue weighted by atomic mass is 10.3. The third kappa shape index (κ3) is 2.84. The Morgan fingerprint density at radius 2 is 2.53 bits per heavy atom. The number of ether oxygens (including phenoxy) is 2. The van der Waals surface area contributed by atoms with Crippen LogP contribution in [0.15, 0.2) is 18.2 Å². The van der Waals surface area contributed by atoms with Gasteiger partial charge in [0.1, 0.15) is 0 Å². The molecule has 1 aromatic heterocycles. The number of hydrogen-bond acceptors (Lipinski definition) is 4. The molecule has 0 amide bonds. The van der Waals surface area contributed by atoms with Gasteiger partial charge in [0.05, 0.1) is 30.7 Å². The molecule has 0 aromatic carbocycles. The molecule has 1 aromatic rings. The van der Waals surface area contributed by atoms with Crippen LogP contribution >= 0.6 is 0 Å². The second-order valence-electron chi connectivity index (χ2n) is 3.49. The third-order valence-electron chi connectivity index (χ3n) is 2.33. The lowest BCUT2D eigenvalue weighted by molar-refractivity contribution is 0.0301. The number of nitrogens with zero attached hydrogens (tertiary/aromatic N) is 1. The van der Waals surface area contributed by atoms with Crippen molar-refractivity contribution in [3.05, 3.63) is 29.6 Å². The van der Waals surface area contributed by atoms with Crippen LogP contribution in [0.3, 0.4) is 0 Å². The van der Waals surface area contributed by atoms with E-state index < -0.39 is 0 Å². The summed E-state index contributed by atoms with van der Waals surface area (Å²) in [6.45, 7) is 1.97. The molecule has 1 aliphatic heterocycles. The zero-order valence-corrected chi connectivity index (χ0v) is 8.48. The highest BCUT2D eigenvalue weighted by atomic mass is 16.5. The minimum atomic E-state index is 0.204. The summed E-state index contributed by atoms with van der Waals surface area (Å²) in [6, 6.07) is 5.59. The second kappa shape index (κ2) is 5.00. The SMILES string of the molecule is N=Cc1cccc(COC2CCOC2)n1. The van der Waals surface area contributed by atoms with Crippen molar-refractivity contribution >= 4 is 6.21 Å². The summed E-state index contributed by atoms with van der Waals surface area (Å²) in [4.78, 5) is 4.24. The highest BCUT2D eigenvalue weighted by molar-refractivity contribution is 5.73. The van der Waals surface area contributed by atoms with Gasteiger partial charge in [-0.05, 0) is 18.6 Å². The van der Waals surface area contributed by atoms with Gasteiger partial charge in [0.25, 0.3) is 0 Å². The van der Waals surface area contributed by atoms with Crippen LogP contribution in [0, 0.1) is 5.41 Å². The molecular formula is C11H14N2O2. The van der Waals surface area contributed by atoms with E-state index in [1.165, 1.54) is 6.21 Å². The van der Waals surface area contributed by atoms with Gasteiger partial charge in [-0.3, -0.25) is 0 Å². The molecule has 0 saturated carbocycles. The number of nitrogens with one attached hydrogen (secondary N) is 1. The maximum absolute atomic E-state index is 7.09. The topological polar surface area (TPSA) is 55.2 Å². The van der Waals surface area contributed by atoms with Crippen molar-refractivity contribution < 1.29 is 9.47 Å². The average Bonchev–Trinajstić information content (AvgIpc) is 2.79. The first-order valence-corrected chi connectivity index (χ1v) is 5.04. The van der Waals surface area contributed by atoms with E-state index in [0.717, 1.165) is 18.7 Å². The molecule has 0 radical (unpaired) electrons. The van der Waals surface area contributed by atoms with Gasteiger partial charge < -0.3 is 14.9 Å². The molecule has 1 fully saturated rings. The summed E-state index contributed by atoms with van der Waals surface area (Å²) < 4.78 is 10.8. The molecule has 2 rings (SSSR count). The van der Waals surface area contributed by atoms with Crippen molar-refractivity contribution in [3.8, 4) is 0 Å². The van der Waals surface area contributed by atoms with Crippen molar-refractivity contribution in [2.75, 3.05) is 13.2 Å². The molecule has 4 nitrogen and oxygen atoms in total. The molecule has 15 heavy (non-hydrogen) atoms. The van der Waals surface area contributed by atoms with Crippen LogP contribution in [-0.2, 0) is 16.1 Å². The molecule has 0 spiro atoms. The van der Waals surface area contributed by atoms with Gasteiger partial charge in [0.15, 0.2) is 0 Å². The predicted octanol–water partition coefficient (Wildman–Crippen LogP) is 1.38. The second-order valence-corrected chi connectivity index (χ2v) is 3.49. The normalized spacial score (nSPS) is 20.4. The van der Waals surface area contributed by atoms with Crippen LogP contribution in [-0.4, -0.2) is 30.5 Å². The molecule has 0 bridgehead atoms. The van der Waals surface area contributed by atoms with Gasteiger partial charge >= 0.3 is 0 Å². The van der Waals surface area contributed by atoms with Gasteiger partial charge in [-0.15, -0.1) is 0 Å². The van der Waals surface area contributed by atoms with Crippen molar-refractivity contribution in [2.24, 2.45) is 0 Å². The van der Waals surface area contributed by atoms with Gasteiger partial charge in [0, 0.05) is 12.8 Å². The summed E-state index contributed by atoms with van der Waals surface area (Å²) in [5.41, 5.74) is 1.53. The minimum Gasteiger partial charge on any atom is -0.379 e. The minimum absolute atomic E-state index is 0.204. The summed E-state index contributed by atoms with van der Waals surface area (Å²) in [5.74, 6) is 0. The monoisotopic (exact) mass is 206 g/mol. The number of pyridine rings is 1. The van der Waals surface area contributed by atoms with E-state index in [4.69, 9.17) is 14.9 Å². The van der Waals surface area contributed by atoms with Crippen LogP contribution in [0.4, 0.5) is 0 Å². The molecule has 1 atom stereocenters. The Morgan fingerprint density at radius 1 is 1.60 bits per heavy atom. The zero-order chi connectivity index (χ0) is 10.5. The molecule has 4 heteroatoms. The molecule has 0 aliphatic carbocycles. The van der Waals surface area contributed by atoms with E-state index >= 15 is 0 Å². The molecule has 80 valence electrons. The van der Waals surface area contributed by atoms with E-state index in [1.807, 2.05) is 12.1 Å².